The first-order valence-electron chi connectivity index (χ1n) is 11.9. The molecule has 2 heterocycles. The van der Waals surface area contributed by atoms with Crippen LogP contribution in [-0.4, -0.2) is 71.3 Å². The summed E-state index contributed by atoms with van der Waals surface area (Å²) in [5, 5.41) is 12.6. The first-order chi connectivity index (χ1) is 17.1. The number of aryl methyl sites for hydroxylation is 1. The minimum Gasteiger partial charge on any atom is -0.497 e. The van der Waals surface area contributed by atoms with E-state index in [1.165, 1.54) is 17.3 Å². The van der Waals surface area contributed by atoms with Gasteiger partial charge in [0.25, 0.3) is 0 Å². The van der Waals surface area contributed by atoms with E-state index in [0.29, 0.717) is 19.8 Å². The molecule has 1 amide bonds. The molecular weight excluding hydrogens is 462 g/mol. The van der Waals surface area contributed by atoms with Gasteiger partial charge < -0.3 is 19.4 Å². The number of benzene rings is 2. The Morgan fingerprint density at radius 3 is 2.63 bits per heavy atom. The number of methoxy groups -OCH3 is 1. The number of rotatable bonds is 10. The maximum atomic E-state index is 12.8. The first kappa shape index (κ1) is 25.2. The average Bonchev–Trinajstić information content (AvgIpc) is 3.31. The Kier molecular flexibility index (Phi) is 8.79. The summed E-state index contributed by atoms with van der Waals surface area (Å²) in [6.07, 6.45) is 0. The summed E-state index contributed by atoms with van der Waals surface area (Å²) in [5.41, 5.74) is 3.35. The van der Waals surface area contributed by atoms with E-state index in [9.17, 15) is 4.79 Å². The lowest BCUT2D eigenvalue weighted by Gasteiger charge is -2.35. The Morgan fingerprint density at radius 1 is 1.17 bits per heavy atom. The number of nitrogens with zero attached hydrogens (tertiary/aromatic N) is 4. The highest BCUT2D eigenvalue weighted by molar-refractivity contribution is 7.99. The molecule has 1 atom stereocenters. The van der Waals surface area contributed by atoms with E-state index in [4.69, 9.17) is 9.47 Å². The van der Waals surface area contributed by atoms with Crippen molar-refractivity contribution in [1.82, 2.24) is 25.0 Å². The number of nitrogens with one attached hydrogen (secondary N) is 1. The monoisotopic (exact) mass is 495 g/mol. The topological polar surface area (TPSA) is 81.5 Å². The Bertz CT molecular complexity index is 1110. The van der Waals surface area contributed by atoms with Gasteiger partial charge in [0.2, 0.25) is 5.91 Å². The molecule has 3 aromatic rings. The van der Waals surface area contributed by atoms with Crippen molar-refractivity contribution in [3.05, 3.63) is 59.7 Å². The van der Waals surface area contributed by atoms with Gasteiger partial charge in [-0.15, -0.1) is 10.2 Å². The Balaban J connectivity index is 1.39. The van der Waals surface area contributed by atoms with Gasteiger partial charge in [-0.25, -0.2) is 0 Å². The summed E-state index contributed by atoms with van der Waals surface area (Å²) >= 11 is 1.41. The fourth-order valence-electron chi connectivity index (χ4n) is 4.24. The lowest BCUT2D eigenvalue weighted by molar-refractivity contribution is -0.118. The standard InChI is InChI=1S/C26H33N5O3S/c1-4-31-25(21-7-5-6-19(2)16-21)28-29-26(31)35-18-24(32)27-17-23(30-12-14-34-15-13-30)20-8-10-22(33-3)11-9-20/h5-11,16,23H,4,12-15,17-18H2,1-3H3,(H,27,32). The highest BCUT2D eigenvalue weighted by atomic mass is 32.2. The van der Waals surface area contributed by atoms with Gasteiger partial charge in [0.1, 0.15) is 5.75 Å². The predicted molar refractivity (Wildman–Crippen MR) is 138 cm³/mol. The molecule has 1 fully saturated rings. The zero-order valence-corrected chi connectivity index (χ0v) is 21.4. The Hall–Kier alpha value is -2.88. The fourth-order valence-corrected chi connectivity index (χ4v) is 5.08. The van der Waals surface area contributed by atoms with E-state index in [1.807, 2.05) is 24.3 Å². The van der Waals surface area contributed by atoms with E-state index >= 15 is 0 Å². The van der Waals surface area contributed by atoms with Gasteiger partial charge in [0.15, 0.2) is 11.0 Å². The lowest BCUT2D eigenvalue weighted by atomic mass is 10.0. The van der Waals surface area contributed by atoms with Crippen molar-refractivity contribution in [3.8, 4) is 17.1 Å². The summed E-state index contributed by atoms with van der Waals surface area (Å²) in [6, 6.07) is 16.4. The van der Waals surface area contributed by atoms with Crippen molar-refractivity contribution >= 4 is 17.7 Å². The summed E-state index contributed by atoms with van der Waals surface area (Å²) in [4.78, 5) is 15.2. The third-order valence-electron chi connectivity index (χ3n) is 6.12. The van der Waals surface area contributed by atoms with E-state index in [2.05, 4.69) is 63.1 Å². The quantitative estimate of drug-likeness (QED) is 0.431. The van der Waals surface area contributed by atoms with E-state index in [0.717, 1.165) is 47.5 Å². The van der Waals surface area contributed by atoms with Crippen LogP contribution in [0.2, 0.25) is 0 Å². The summed E-state index contributed by atoms with van der Waals surface area (Å²) < 4.78 is 12.9. The van der Waals surface area contributed by atoms with E-state index in [-0.39, 0.29) is 17.7 Å². The predicted octanol–water partition coefficient (Wildman–Crippen LogP) is 3.56. The second-order valence-corrected chi connectivity index (χ2v) is 9.39. The number of morpholine rings is 1. The van der Waals surface area contributed by atoms with Crippen LogP contribution in [0.5, 0.6) is 5.75 Å². The SMILES string of the molecule is CCn1c(SCC(=O)NCC(c2ccc(OC)cc2)N2CCOCC2)nnc1-c1cccc(C)c1. The van der Waals surface area contributed by atoms with E-state index in [1.54, 1.807) is 7.11 Å². The van der Waals surface area contributed by atoms with Crippen molar-refractivity contribution in [3.63, 3.8) is 0 Å². The van der Waals surface area contributed by atoms with Gasteiger partial charge in [-0.05, 0) is 37.6 Å². The smallest absolute Gasteiger partial charge is 0.230 e. The molecule has 0 saturated carbocycles. The summed E-state index contributed by atoms with van der Waals surface area (Å²) in [7, 11) is 1.66. The molecule has 0 aliphatic carbocycles. The second-order valence-electron chi connectivity index (χ2n) is 8.45. The largest absolute Gasteiger partial charge is 0.497 e. The van der Waals surface area contributed by atoms with Crippen LogP contribution in [0.1, 0.15) is 24.1 Å². The molecule has 0 radical (unpaired) electrons. The maximum absolute atomic E-state index is 12.8. The summed E-state index contributed by atoms with van der Waals surface area (Å²) in [5.74, 6) is 1.90. The third kappa shape index (κ3) is 6.42. The summed E-state index contributed by atoms with van der Waals surface area (Å²) in [6.45, 7) is 8.46. The van der Waals surface area contributed by atoms with Crippen LogP contribution >= 0.6 is 11.8 Å². The number of ether oxygens (including phenoxy) is 2. The maximum Gasteiger partial charge on any atom is 0.230 e. The molecule has 0 bridgehead atoms. The molecule has 2 aromatic carbocycles. The van der Waals surface area contributed by atoms with Crippen molar-refractivity contribution in [1.29, 1.82) is 0 Å². The minimum atomic E-state index is -0.0236. The molecular formula is C26H33N5O3S. The number of hydrogen-bond donors (Lipinski definition) is 1. The molecule has 1 aromatic heterocycles. The molecule has 8 nitrogen and oxygen atoms in total. The molecule has 1 N–H and O–H groups in total. The lowest BCUT2D eigenvalue weighted by Crippen LogP contribution is -2.44. The average molecular weight is 496 g/mol. The third-order valence-corrected chi connectivity index (χ3v) is 7.09. The van der Waals surface area contributed by atoms with Gasteiger partial charge in [-0.1, -0.05) is 47.7 Å². The minimum absolute atomic E-state index is 0.0236. The number of amides is 1. The Morgan fingerprint density at radius 2 is 1.94 bits per heavy atom. The van der Waals surface area contributed by atoms with Crippen molar-refractivity contribution in [2.75, 3.05) is 45.7 Å². The van der Waals surface area contributed by atoms with Crippen LogP contribution in [0.4, 0.5) is 0 Å². The first-order valence-corrected chi connectivity index (χ1v) is 12.9. The molecule has 9 heteroatoms. The van der Waals surface area contributed by atoms with Gasteiger partial charge in [-0.3, -0.25) is 9.69 Å². The number of aromatic nitrogens is 3. The van der Waals surface area contributed by atoms with Crippen LogP contribution in [0.3, 0.4) is 0 Å². The van der Waals surface area contributed by atoms with Crippen LogP contribution in [0.15, 0.2) is 53.7 Å². The molecule has 0 spiro atoms. The molecule has 35 heavy (non-hydrogen) atoms. The number of carbonyl (C=O) groups is 1. The highest BCUT2D eigenvalue weighted by Gasteiger charge is 2.23. The second kappa shape index (κ2) is 12.2. The normalized spacial score (nSPS) is 15.1. The number of thioether (sulfide) groups is 1. The number of carbonyl (C=O) groups excluding carboxylic acids is 1. The van der Waals surface area contributed by atoms with Crippen molar-refractivity contribution in [2.24, 2.45) is 0 Å². The van der Waals surface area contributed by atoms with Gasteiger partial charge in [0, 0.05) is 31.7 Å². The van der Waals surface area contributed by atoms with Crippen LogP contribution < -0.4 is 10.1 Å². The molecule has 1 saturated heterocycles. The zero-order chi connectivity index (χ0) is 24.6. The van der Waals surface area contributed by atoms with Crippen LogP contribution in [0, 0.1) is 6.92 Å². The fraction of sp³-hybridized carbons (Fsp3) is 0.423. The van der Waals surface area contributed by atoms with Gasteiger partial charge in [0.05, 0.1) is 32.1 Å². The van der Waals surface area contributed by atoms with Crippen LogP contribution in [-0.2, 0) is 16.1 Å². The van der Waals surface area contributed by atoms with Crippen molar-refractivity contribution in [2.45, 2.75) is 31.6 Å². The van der Waals surface area contributed by atoms with Crippen LogP contribution in [0.25, 0.3) is 11.4 Å². The van der Waals surface area contributed by atoms with Gasteiger partial charge >= 0.3 is 0 Å². The van der Waals surface area contributed by atoms with Crippen molar-refractivity contribution < 1.29 is 14.3 Å². The molecule has 1 unspecified atom stereocenters. The highest BCUT2D eigenvalue weighted by Crippen LogP contribution is 2.26. The van der Waals surface area contributed by atoms with Gasteiger partial charge in [-0.2, -0.15) is 0 Å². The zero-order valence-electron chi connectivity index (χ0n) is 20.6. The van der Waals surface area contributed by atoms with E-state index < -0.39 is 0 Å². The molecule has 4 rings (SSSR count). The molecule has 1 aliphatic heterocycles. The number of hydrogen-bond acceptors (Lipinski definition) is 7. The molecule has 186 valence electrons. The molecule has 1 aliphatic rings. The Labute approximate surface area is 211 Å².